The Labute approximate surface area is 79.7 Å². The minimum atomic E-state index is 0.340. The predicted octanol–water partition coefficient (Wildman–Crippen LogP) is 0.0842. The minimum absolute atomic E-state index is 0.340. The summed E-state index contributed by atoms with van der Waals surface area (Å²) in [7, 11) is 0. The van der Waals surface area contributed by atoms with Gasteiger partial charge in [0.1, 0.15) is 0 Å². The summed E-state index contributed by atoms with van der Waals surface area (Å²) in [5.74, 6) is 1.30. The molecule has 1 saturated carbocycles. The Kier molecular flexibility index (Phi) is 2.86. The maximum atomic E-state index is 8.96. The van der Waals surface area contributed by atoms with Gasteiger partial charge in [-0.3, -0.25) is 0 Å². The lowest BCUT2D eigenvalue weighted by molar-refractivity contribution is 0.235. The smallest absolute Gasteiger partial charge is 0.0471 e. The summed E-state index contributed by atoms with van der Waals surface area (Å²) in [5, 5.41) is 12.4. The van der Waals surface area contributed by atoms with Crippen LogP contribution in [0.5, 0.6) is 0 Å². The Morgan fingerprint density at radius 2 is 2.08 bits per heavy atom. The fraction of sp³-hybridized carbons (Fsp3) is 1.00. The van der Waals surface area contributed by atoms with Crippen LogP contribution in [0.25, 0.3) is 0 Å². The molecule has 1 heterocycles. The van der Waals surface area contributed by atoms with E-state index >= 15 is 0 Å². The number of rotatable bonds is 4. The SMILES string of the molecule is NC1CC1CCC1CC(CO)CN1. The van der Waals surface area contributed by atoms with E-state index in [1.165, 1.54) is 19.3 Å². The predicted molar refractivity (Wildman–Crippen MR) is 52.3 cm³/mol. The van der Waals surface area contributed by atoms with Crippen LogP contribution in [0, 0.1) is 11.8 Å². The van der Waals surface area contributed by atoms with Crippen LogP contribution in [0.4, 0.5) is 0 Å². The molecule has 0 amide bonds. The average molecular weight is 184 g/mol. The molecule has 1 aliphatic carbocycles. The van der Waals surface area contributed by atoms with Crippen molar-refractivity contribution in [2.75, 3.05) is 13.2 Å². The third-order valence-corrected chi connectivity index (χ3v) is 3.43. The van der Waals surface area contributed by atoms with E-state index in [1.807, 2.05) is 0 Å². The summed E-state index contributed by atoms with van der Waals surface area (Å²) >= 11 is 0. The summed E-state index contributed by atoms with van der Waals surface area (Å²) in [6.07, 6.45) is 4.90. The molecule has 3 nitrogen and oxygen atoms in total. The van der Waals surface area contributed by atoms with Gasteiger partial charge in [-0.05, 0) is 37.5 Å². The largest absolute Gasteiger partial charge is 0.396 e. The highest BCUT2D eigenvalue weighted by Gasteiger charge is 2.34. The van der Waals surface area contributed by atoms with E-state index in [4.69, 9.17) is 10.8 Å². The van der Waals surface area contributed by atoms with Crippen LogP contribution < -0.4 is 11.1 Å². The Morgan fingerprint density at radius 1 is 1.31 bits per heavy atom. The Bertz CT molecular complexity index is 174. The van der Waals surface area contributed by atoms with Gasteiger partial charge in [-0.2, -0.15) is 0 Å². The van der Waals surface area contributed by atoms with Gasteiger partial charge < -0.3 is 16.2 Å². The monoisotopic (exact) mass is 184 g/mol. The molecule has 0 aromatic rings. The molecule has 2 rings (SSSR count). The number of aliphatic hydroxyl groups is 1. The van der Waals surface area contributed by atoms with E-state index in [0.29, 0.717) is 24.6 Å². The van der Waals surface area contributed by atoms with Crippen molar-refractivity contribution in [2.45, 2.75) is 37.8 Å². The van der Waals surface area contributed by atoms with Crippen molar-refractivity contribution in [3.8, 4) is 0 Å². The molecule has 0 aromatic carbocycles. The van der Waals surface area contributed by atoms with Gasteiger partial charge in [-0.1, -0.05) is 0 Å². The van der Waals surface area contributed by atoms with Gasteiger partial charge in [-0.15, -0.1) is 0 Å². The lowest BCUT2D eigenvalue weighted by atomic mass is 10.0. The van der Waals surface area contributed by atoms with Crippen LogP contribution in [-0.2, 0) is 0 Å². The molecule has 76 valence electrons. The van der Waals surface area contributed by atoms with Crippen LogP contribution in [0.2, 0.25) is 0 Å². The fourth-order valence-corrected chi connectivity index (χ4v) is 2.28. The van der Waals surface area contributed by atoms with E-state index < -0.39 is 0 Å². The minimum Gasteiger partial charge on any atom is -0.396 e. The van der Waals surface area contributed by atoms with Crippen molar-refractivity contribution < 1.29 is 5.11 Å². The quantitative estimate of drug-likeness (QED) is 0.580. The van der Waals surface area contributed by atoms with E-state index in [-0.39, 0.29) is 0 Å². The van der Waals surface area contributed by atoms with Crippen molar-refractivity contribution in [1.82, 2.24) is 5.32 Å². The van der Waals surface area contributed by atoms with Crippen LogP contribution in [0.1, 0.15) is 25.7 Å². The Balaban J connectivity index is 1.60. The molecule has 1 aliphatic heterocycles. The van der Waals surface area contributed by atoms with Crippen LogP contribution in [0.3, 0.4) is 0 Å². The van der Waals surface area contributed by atoms with E-state index in [9.17, 15) is 0 Å². The molecule has 0 spiro atoms. The highest BCUT2D eigenvalue weighted by Crippen LogP contribution is 2.33. The molecular formula is C10H20N2O. The first kappa shape index (κ1) is 9.44. The summed E-state index contributed by atoms with van der Waals surface area (Å²) in [5.41, 5.74) is 5.74. The van der Waals surface area contributed by atoms with Gasteiger partial charge in [0.25, 0.3) is 0 Å². The van der Waals surface area contributed by atoms with Gasteiger partial charge in [-0.25, -0.2) is 0 Å². The second-order valence-corrected chi connectivity index (χ2v) is 4.63. The van der Waals surface area contributed by atoms with Crippen molar-refractivity contribution >= 4 is 0 Å². The van der Waals surface area contributed by atoms with Gasteiger partial charge in [0.15, 0.2) is 0 Å². The number of nitrogens with two attached hydrogens (primary N) is 1. The maximum Gasteiger partial charge on any atom is 0.0471 e. The summed E-state index contributed by atoms with van der Waals surface area (Å²) in [6.45, 7) is 1.34. The number of hydrogen-bond donors (Lipinski definition) is 3. The third kappa shape index (κ3) is 2.42. The normalized spacial score (nSPS) is 43.8. The van der Waals surface area contributed by atoms with Crippen molar-refractivity contribution in [3.05, 3.63) is 0 Å². The van der Waals surface area contributed by atoms with E-state index in [1.54, 1.807) is 0 Å². The zero-order valence-corrected chi connectivity index (χ0v) is 8.08. The second-order valence-electron chi connectivity index (χ2n) is 4.63. The van der Waals surface area contributed by atoms with E-state index in [2.05, 4.69) is 5.32 Å². The zero-order chi connectivity index (χ0) is 9.26. The van der Waals surface area contributed by atoms with Crippen LogP contribution >= 0.6 is 0 Å². The molecule has 3 heteroatoms. The first-order valence-electron chi connectivity index (χ1n) is 5.39. The van der Waals surface area contributed by atoms with Gasteiger partial charge >= 0.3 is 0 Å². The number of hydrogen-bond acceptors (Lipinski definition) is 3. The Hall–Kier alpha value is -0.120. The number of aliphatic hydroxyl groups excluding tert-OH is 1. The van der Waals surface area contributed by atoms with Gasteiger partial charge in [0, 0.05) is 25.2 Å². The highest BCUT2D eigenvalue weighted by atomic mass is 16.3. The molecule has 2 aliphatic rings. The third-order valence-electron chi connectivity index (χ3n) is 3.43. The van der Waals surface area contributed by atoms with E-state index in [0.717, 1.165) is 18.9 Å². The zero-order valence-electron chi connectivity index (χ0n) is 8.08. The molecular weight excluding hydrogens is 164 g/mol. The number of nitrogens with one attached hydrogen (secondary N) is 1. The molecule has 0 aromatic heterocycles. The van der Waals surface area contributed by atoms with Crippen LogP contribution in [0.15, 0.2) is 0 Å². The summed E-state index contributed by atoms with van der Waals surface area (Å²) in [6, 6.07) is 1.14. The lowest BCUT2D eigenvalue weighted by Gasteiger charge is -2.09. The van der Waals surface area contributed by atoms with Crippen molar-refractivity contribution in [1.29, 1.82) is 0 Å². The molecule has 1 saturated heterocycles. The van der Waals surface area contributed by atoms with Crippen LogP contribution in [-0.4, -0.2) is 30.3 Å². The average Bonchev–Trinajstić information content (AvgIpc) is 2.68. The van der Waals surface area contributed by atoms with Gasteiger partial charge in [0.05, 0.1) is 0 Å². The highest BCUT2D eigenvalue weighted by molar-refractivity contribution is 4.91. The Morgan fingerprint density at radius 3 is 2.62 bits per heavy atom. The first-order valence-corrected chi connectivity index (χ1v) is 5.39. The molecule has 4 unspecified atom stereocenters. The molecule has 2 fully saturated rings. The lowest BCUT2D eigenvalue weighted by Crippen LogP contribution is -2.21. The second kappa shape index (κ2) is 3.95. The van der Waals surface area contributed by atoms with Crippen molar-refractivity contribution in [2.24, 2.45) is 17.6 Å². The molecule has 4 atom stereocenters. The summed E-state index contributed by atoms with van der Waals surface area (Å²) < 4.78 is 0. The van der Waals surface area contributed by atoms with Gasteiger partial charge in [0.2, 0.25) is 0 Å². The first-order chi connectivity index (χ1) is 6.29. The molecule has 4 N–H and O–H groups in total. The molecule has 0 bridgehead atoms. The topological polar surface area (TPSA) is 58.3 Å². The molecule has 0 radical (unpaired) electrons. The summed E-state index contributed by atoms with van der Waals surface area (Å²) in [4.78, 5) is 0. The molecule has 13 heavy (non-hydrogen) atoms. The maximum absolute atomic E-state index is 8.96. The fourth-order valence-electron chi connectivity index (χ4n) is 2.28. The standard InChI is InChI=1S/C10H20N2O/c11-10-4-8(10)1-2-9-3-7(6-13)5-12-9/h7-10,12-13H,1-6,11H2. The van der Waals surface area contributed by atoms with Crippen molar-refractivity contribution in [3.63, 3.8) is 0 Å².